The summed E-state index contributed by atoms with van der Waals surface area (Å²) in [6.07, 6.45) is 0. The summed E-state index contributed by atoms with van der Waals surface area (Å²) in [6, 6.07) is 0.220. The average molecular weight is 239 g/mol. The van der Waals surface area contributed by atoms with Crippen molar-refractivity contribution in [2.75, 3.05) is 6.54 Å². The number of rotatable bonds is 5. The summed E-state index contributed by atoms with van der Waals surface area (Å²) in [6.45, 7) is 9.99. The topological polar surface area (TPSA) is 67.2 Å². The summed E-state index contributed by atoms with van der Waals surface area (Å²) < 4.78 is 5.08. The summed E-state index contributed by atoms with van der Waals surface area (Å²) in [5, 5.41) is 9.87. The van der Waals surface area contributed by atoms with Crippen molar-refractivity contribution in [1.82, 2.24) is 15.8 Å². The normalized spacial score (nSPS) is 12.8. The molecular formula is C12H21N3O2. The standard InChI is InChI=1S/C12H21N3O2/c1-7(2)13-6-11(16)14-8(3)12-9(4)15-17-10(12)5/h7-8,13H,6H2,1-5H3,(H,14,16). The smallest absolute Gasteiger partial charge is 0.234 e. The van der Waals surface area contributed by atoms with Gasteiger partial charge in [-0.15, -0.1) is 0 Å². The number of amides is 1. The summed E-state index contributed by atoms with van der Waals surface area (Å²) in [5.74, 6) is 0.735. The Hall–Kier alpha value is -1.36. The van der Waals surface area contributed by atoms with Crippen molar-refractivity contribution in [2.24, 2.45) is 0 Å². The molecular weight excluding hydrogens is 218 g/mol. The highest BCUT2D eigenvalue weighted by Gasteiger charge is 2.17. The number of hydrogen-bond acceptors (Lipinski definition) is 4. The van der Waals surface area contributed by atoms with Crippen molar-refractivity contribution in [2.45, 2.75) is 46.7 Å². The van der Waals surface area contributed by atoms with Crippen LogP contribution >= 0.6 is 0 Å². The molecule has 0 saturated heterocycles. The van der Waals surface area contributed by atoms with Crippen LogP contribution in [-0.2, 0) is 4.79 Å². The monoisotopic (exact) mass is 239 g/mol. The molecule has 0 fully saturated rings. The number of aromatic nitrogens is 1. The molecule has 1 aromatic heterocycles. The second-order valence-electron chi connectivity index (χ2n) is 4.56. The third kappa shape index (κ3) is 3.85. The highest BCUT2D eigenvalue weighted by molar-refractivity contribution is 5.78. The van der Waals surface area contributed by atoms with Crippen molar-refractivity contribution in [3.63, 3.8) is 0 Å². The van der Waals surface area contributed by atoms with Crippen LogP contribution in [0.15, 0.2) is 4.52 Å². The lowest BCUT2D eigenvalue weighted by molar-refractivity contribution is -0.121. The zero-order valence-electron chi connectivity index (χ0n) is 11.1. The van der Waals surface area contributed by atoms with Gasteiger partial charge in [0.05, 0.1) is 18.3 Å². The Labute approximate surface area is 102 Å². The Bertz CT molecular complexity index is 366. The van der Waals surface area contributed by atoms with Crippen LogP contribution in [0.2, 0.25) is 0 Å². The number of hydrogen-bond donors (Lipinski definition) is 2. The first-order valence-electron chi connectivity index (χ1n) is 5.87. The quantitative estimate of drug-likeness (QED) is 0.816. The van der Waals surface area contributed by atoms with E-state index < -0.39 is 0 Å². The fourth-order valence-corrected chi connectivity index (χ4v) is 1.77. The molecule has 1 aromatic rings. The maximum absolute atomic E-state index is 11.7. The summed E-state index contributed by atoms with van der Waals surface area (Å²) in [7, 11) is 0. The Kier molecular flexibility index (Phi) is 4.69. The van der Waals surface area contributed by atoms with Gasteiger partial charge in [0.1, 0.15) is 5.76 Å². The van der Waals surface area contributed by atoms with Crippen molar-refractivity contribution in [3.05, 3.63) is 17.0 Å². The highest BCUT2D eigenvalue weighted by Crippen LogP contribution is 2.20. The predicted molar refractivity (Wildman–Crippen MR) is 65.7 cm³/mol. The molecule has 1 amide bonds. The largest absolute Gasteiger partial charge is 0.361 e. The SMILES string of the molecule is Cc1noc(C)c1C(C)NC(=O)CNC(C)C. The molecule has 0 spiro atoms. The van der Waals surface area contributed by atoms with E-state index in [0.717, 1.165) is 17.0 Å². The molecule has 5 heteroatoms. The molecule has 0 saturated carbocycles. The molecule has 0 aromatic carbocycles. The molecule has 96 valence electrons. The number of carbonyl (C=O) groups is 1. The van der Waals surface area contributed by atoms with Gasteiger partial charge >= 0.3 is 0 Å². The molecule has 17 heavy (non-hydrogen) atoms. The van der Waals surface area contributed by atoms with Gasteiger partial charge in [0.2, 0.25) is 5.91 Å². The van der Waals surface area contributed by atoms with E-state index in [4.69, 9.17) is 4.52 Å². The maximum atomic E-state index is 11.7. The molecule has 1 heterocycles. The van der Waals surface area contributed by atoms with E-state index in [2.05, 4.69) is 15.8 Å². The van der Waals surface area contributed by atoms with E-state index in [9.17, 15) is 4.79 Å². The van der Waals surface area contributed by atoms with Crippen LogP contribution in [0.3, 0.4) is 0 Å². The molecule has 1 rings (SSSR count). The van der Waals surface area contributed by atoms with Gasteiger partial charge in [0, 0.05) is 11.6 Å². The lowest BCUT2D eigenvalue weighted by atomic mass is 10.1. The lowest BCUT2D eigenvalue weighted by Crippen LogP contribution is -2.38. The third-order valence-electron chi connectivity index (χ3n) is 2.57. The number of aryl methyl sites for hydroxylation is 2. The molecule has 2 N–H and O–H groups in total. The maximum Gasteiger partial charge on any atom is 0.234 e. The van der Waals surface area contributed by atoms with Gasteiger partial charge in [-0.05, 0) is 20.8 Å². The fraction of sp³-hybridized carbons (Fsp3) is 0.667. The van der Waals surface area contributed by atoms with Crippen molar-refractivity contribution >= 4 is 5.91 Å². The van der Waals surface area contributed by atoms with Crippen molar-refractivity contribution in [3.8, 4) is 0 Å². The van der Waals surface area contributed by atoms with Crippen LogP contribution in [0.4, 0.5) is 0 Å². The Balaban J connectivity index is 2.55. The fourth-order valence-electron chi connectivity index (χ4n) is 1.77. The molecule has 0 bridgehead atoms. The Morgan fingerprint density at radius 2 is 2.00 bits per heavy atom. The van der Waals surface area contributed by atoms with E-state index in [1.807, 2.05) is 34.6 Å². The van der Waals surface area contributed by atoms with E-state index in [1.54, 1.807) is 0 Å². The lowest BCUT2D eigenvalue weighted by Gasteiger charge is -2.15. The van der Waals surface area contributed by atoms with Gasteiger partial charge in [0.15, 0.2) is 0 Å². The molecule has 0 radical (unpaired) electrons. The van der Waals surface area contributed by atoms with Crippen LogP contribution in [0, 0.1) is 13.8 Å². The van der Waals surface area contributed by atoms with Gasteiger partial charge in [-0.2, -0.15) is 0 Å². The van der Waals surface area contributed by atoms with Gasteiger partial charge in [-0.3, -0.25) is 4.79 Å². The zero-order valence-corrected chi connectivity index (χ0v) is 11.1. The van der Waals surface area contributed by atoms with Crippen LogP contribution < -0.4 is 10.6 Å². The zero-order chi connectivity index (χ0) is 13.0. The summed E-state index contributed by atoms with van der Waals surface area (Å²) >= 11 is 0. The average Bonchev–Trinajstić information content (AvgIpc) is 2.55. The van der Waals surface area contributed by atoms with E-state index in [1.165, 1.54) is 0 Å². The second kappa shape index (κ2) is 5.82. The first kappa shape index (κ1) is 13.7. The summed E-state index contributed by atoms with van der Waals surface area (Å²) in [5.41, 5.74) is 1.79. The van der Waals surface area contributed by atoms with Crippen LogP contribution in [0.5, 0.6) is 0 Å². The van der Waals surface area contributed by atoms with Gasteiger partial charge < -0.3 is 15.2 Å². The van der Waals surface area contributed by atoms with Gasteiger partial charge in [-0.25, -0.2) is 0 Å². The van der Waals surface area contributed by atoms with E-state index in [0.29, 0.717) is 12.6 Å². The van der Waals surface area contributed by atoms with E-state index >= 15 is 0 Å². The molecule has 5 nitrogen and oxygen atoms in total. The first-order chi connectivity index (χ1) is 7.91. The molecule has 0 aliphatic rings. The summed E-state index contributed by atoms with van der Waals surface area (Å²) in [4.78, 5) is 11.7. The highest BCUT2D eigenvalue weighted by atomic mass is 16.5. The predicted octanol–water partition coefficient (Wildman–Crippen LogP) is 1.47. The first-order valence-corrected chi connectivity index (χ1v) is 5.87. The molecule has 1 unspecified atom stereocenters. The van der Waals surface area contributed by atoms with Crippen molar-refractivity contribution < 1.29 is 9.32 Å². The molecule has 1 atom stereocenters. The molecule has 0 aliphatic carbocycles. The van der Waals surface area contributed by atoms with Gasteiger partial charge in [0.25, 0.3) is 0 Å². The van der Waals surface area contributed by atoms with Crippen molar-refractivity contribution in [1.29, 1.82) is 0 Å². The molecule has 0 aliphatic heterocycles. The third-order valence-corrected chi connectivity index (χ3v) is 2.57. The minimum absolute atomic E-state index is 0.0220. The van der Waals surface area contributed by atoms with Crippen LogP contribution in [0.1, 0.15) is 43.8 Å². The Morgan fingerprint density at radius 1 is 1.35 bits per heavy atom. The second-order valence-corrected chi connectivity index (χ2v) is 4.56. The van der Waals surface area contributed by atoms with Crippen LogP contribution in [0.25, 0.3) is 0 Å². The van der Waals surface area contributed by atoms with Gasteiger partial charge in [-0.1, -0.05) is 19.0 Å². The minimum atomic E-state index is -0.0808. The Morgan fingerprint density at radius 3 is 2.47 bits per heavy atom. The van der Waals surface area contributed by atoms with E-state index in [-0.39, 0.29) is 11.9 Å². The number of carbonyl (C=O) groups excluding carboxylic acids is 1. The number of nitrogens with one attached hydrogen (secondary N) is 2. The minimum Gasteiger partial charge on any atom is -0.361 e. The number of nitrogens with zero attached hydrogens (tertiary/aromatic N) is 1. The van der Waals surface area contributed by atoms with Crippen LogP contribution in [-0.4, -0.2) is 23.7 Å².